The van der Waals surface area contributed by atoms with Crippen LogP contribution >= 0.6 is 0 Å². The first-order valence-electron chi connectivity index (χ1n) is 9.14. The Morgan fingerprint density at radius 1 is 1.20 bits per heavy atom. The lowest BCUT2D eigenvalue weighted by molar-refractivity contribution is -0.137. The highest BCUT2D eigenvalue weighted by Crippen LogP contribution is 2.36. The number of carbonyl (C=O) groups is 2. The average Bonchev–Trinajstić information content (AvgIpc) is 3.02. The van der Waals surface area contributed by atoms with E-state index in [1.54, 1.807) is 0 Å². The van der Waals surface area contributed by atoms with Gasteiger partial charge in [0.15, 0.2) is 0 Å². The summed E-state index contributed by atoms with van der Waals surface area (Å²) in [6.07, 6.45) is 1.78. The maximum Gasteiger partial charge on any atom is 0.270 e. The maximum absolute atomic E-state index is 12.5. The number of aromatic nitrogens is 2. The van der Waals surface area contributed by atoms with Crippen LogP contribution < -0.4 is 10.2 Å². The van der Waals surface area contributed by atoms with Crippen LogP contribution in [0.25, 0.3) is 0 Å². The molecule has 0 aromatic carbocycles. The Hall–Kier alpha value is -2.18. The summed E-state index contributed by atoms with van der Waals surface area (Å²) in [6, 6.07) is 0. The molecule has 0 aliphatic carbocycles. The van der Waals surface area contributed by atoms with E-state index in [2.05, 4.69) is 15.2 Å². The van der Waals surface area contributed by atoms with E-state index in [1.165, 1.54) is 0 Å². The normalized spacial score (nSPS) is 25.9. The van der Waals surface area contributed by atoms with Gasteiger partial charge in [-0.25, -0.2) is 9.97 Å². The molecule has 0 radical (unpaired) electrons. The molecule has 1 N–H and O–H groups in total. The van der Waals surface area contributed by atoms with Gasteiger partial charge in [0.05, 0.1) is 5.92 Å². The lowest BCUT2D eigenvalue weighted by Gasteiger charge is -2.30. The van der Waals surface area contributed by atoms with Crippen molar-refractivity contribution in [3.63, 3.8) is 0 Å². The number of piperidine rings is 1. The average molecular weight is 343 g/mol. The quantitative estimate of drug-likeness (QED) is 0.859. The van der Waals surface area contributed by atoms with Crippen LogP contribution in [0.1, 0.15) is 48.1 Å². The standard InChI is InChI=1S/C18H25N5O2/c1-10(2)15-20-14-12(4-6-19-17(14)24)16(21-15)23-8-11-5-7-22(3)18(25)13(11)9-23/h10-11,13H,4-9H2,1-3H3,(H,19,24)/t11-,13+/m1/s1. The van der Waals surface area contributed by atoms with E-state index in [-0.39, 0.29) is 23.7 Å². The third-order valence-corrected chi connectivity index (χ3v) is 5.66. The Bertz CT molecular complexity index is 732. The molecule has 4 rings (SSSR count). The first-order chi connectivity index (χ1) is 12.0. The van der Waals surface area contributed by atoms with Gasteiger partial charge in [0.25, 0.3) is 5.91 Å². The van der Waals surface area contributed by atoms with Crippen LogP contribution in [0.3, 0.4) is 0 Å². The van der Waals surface area contributed by atoms with Crippen LogP contribution in [0.5, 0.6) is 0 Å². The number of likely N-dealkylation sites (tertiary alicyclic amines) is 1. The molecule has 2 fully saturated rings. The highest BCUT2D eigenvalue weighted by atomic mass is 16.2. The number of nitrogens with one attached hydrogen (secondary N) is 1. The van der Waals surface area contributed by atoms with Crippen molar-refractivity contribution in [1.82, 2.24) is 20.2 Å². The number of hydrogen-bond donors (Lipinski definition) is 1. The number of nitrogens with zero attached hydrogens (tertiary/aromatic N) is 4. The van der Waals surface area contributed by atoms with Gasteiger partial charge in [-0.2, -0.15) is 0 Å². The van der Waals surface area contributed by atoms with Crippen LogP contribution in [0.15, 0.2) is 0 Å². The monoisotopic (exact) mass is 343 g/mol. The zero-order chi connectivity index (χ0) is 17.7. The number of carbonyl (C=O) groups excluding carboxylic acids is 2. The molecule has 25 heavy (non-hydrogen) atoms. The summed E-state index contributed by atoms with van der Waals surface area (Å²) in [6.45, 7) is 7.05. The van der Waals surface area contributed by atoms with Crippen LogP contribution in [0, 0.1) is 11.8 Å². The number of anilines is 1. The second-order valence-electron chi connectivity index (χ2n) is 7.71. The van der Waals surface area contributed by atoms with Crippen LogP contribution in [-0.4, -0.2) is 59.9 Å². The molecule has 2 saturated heterocycles. The smallest absolute Gasteiger partial charge is 0.270 e. The SMILES string of the molecule is CC(C)c1nc2c(c(N3C[C@H]4CCN(C)C(=O)[C@H]4C3)n1)CCNC2=O. The molecule has 3 aliphatic heterocycles. The molecule has 0 spiro atoms. The summed E-state index contributed by atoms with van der Waals surface area (Å²) in [4.78, 5) is 38.2. The minimum atomic E-state index is -0.112. The lowest BCUT2D eigenvalue weighted by atomic mass is 9.88. The van der Waals surface area contributed by atoms with Crippen molar-refractivity contribution < 1.29 is 9.59 Å². The third kappa shape index (κ3) is 2.65. The van der Waals surface area contributed by atoms with Gasteiger partial charge in [0.1, 0.15) is 17.3 Å². The van der Waals surface area contributed by atoms with Crippen molar-refractivity contribution in [3.05, 3.63) is 17.1 Å². The third-order valence-electron chi connectivity index (χ3n) is 5.66. The van der Waals surface area contributed by atoms with Gasteiger partial charge in [0.2, 0.25) is 5.91 Å². The molecule has 2 amide bonds. The van der Waals surface area contributed by atoms with Gasteiger partial charge in [0, 0.05) is 44.7 Å². The molecule has 1 aromatic heterocycles. The van der Waals surface area contributed by atoms with E-state index in [9.17, 15) is 9.59 Å². The summed E-state index contributed by atoms with van der Waals surface area (Å²) in [7, 11) is 1.88. The Labute approximate surface area is 147 Å². The van der Waals surface area contributed by atoms with Gasteiger partial charge >= 0.3 is 0 Å². The van der Waals surface area contributed by atoms with E-state index >= 15 is 0 Å². The lowest BCUT2D eigenvalue weighted by Crippen LogP contribution is -2.42. The molecule has 0 saturated carbocycles. The van der Waals surface area contributed by atoms with Crippen molar-refractivity contribution in [2.45, 2.75) is 32.6 Å². The van der Waals surface area contributed by atoms with Gasteiger partial charge in [-0.05, 0) is 18.8 Å². The summed E-state index contributed by atoms with van der Waals surface area (Å²) in [5.41, 5.74) is 1.45. The molecule has 4 heterocycles. The Kier molecular flexibility index (Phi) is 3.89. The molecule has 0 unspecified atom stereocenters. The molecular formula is C18H25N5O2. The topological polar surface area (TPSA) is 78.4 Å². The first-order valence-corrected chi connectivity index (χ1v) is 9.14. The van der Waals surface area contributed by atoms with Crippen molar-refractivity contribution in [3.8, 4) is 0 Å². The number of amides is 2. The summed E-state index contributed by atoms with van der Waals surface area (Å²) < 4.78 is 0. The molecular weight excluding hydrogens is 318 g/mol. The van der Waals surface area contributed by atoms with Gasteiger partial charge in [-0.1, -0.05) is 13.8 Å². The largest absolute Gasteiger partial charge is 0.355 e. The number of fused-ring (bicyclic) bond motifs is 2. The number of rotatable bonds is 2. The van der Waals surface area contributed by atoms with E-state index < -0.39 is 0 Å². The second kappa shape index (κ2) is 5.97. The second-order valence-corrected chi connectivity index (χ2v) is 7.71. The number of hydrogen-bond acceptors (Lipinski definition) is 5. The van der Waals surface area contributed by atoms with Gasteiger partial charge < -0.3 is 15.1 Å². The van der Waals surface area contributed by atoms with Crippen molar-refractivity contribution in [1.29, 1.82) is 0 Å². The van der Waals surface area contributed by atoms with Crippen molar-refractivity contribution >= 4 is 17.6 Å². The van der Waals surface area contributed by atoms with E-state index in [1.807, 2.05) is 25.8 Å². The highest BCUT2D eigenvalue weighted by molar-refractivity contribution is 5.96. The molecule has 3 aliphatic rings. The fourth-order valence-electron chi connectivity index (χ4n) is 4.18. The van der Waals surface area contributed by atoms with Crippen molar-refractivity contribution in [2.24, 2.45) is 11.8 Å². The Morgan fingerprint density at radius 2 is 2.00 bits per heavy atom. The fraction of sp³-hybridized carbons (Fsp3) is 0.667. The van der Waals surface area contributed by atoms with Crippen molar-refractivity contribution in [2.75, 3.05) is 38.1 Å². The molecule has 1 aromatic rings. The van der Waals surface area contributed by atoms with Gasteiger partial charge in [-0.15, -0.1) is 0 Å². The predicted molar refractivity (Wildman–Crippen MR) is 93.6 cm³/mol. The summed E-state index contributed by atoms with van der Waals surface area (Å²) in [5, 5.41) is 2.88. The summed E-state index contributed by atoms with van der Waals surface area (Å²) >= 11 is 0. The minimum Gasteiger partial charge on any atom is -0.355 e. The molecule has 2 atom stereocenters. The molecule has 134 valence electrons. The van der Waals surface area contributed by atoms with E-state index in [0.29, 0.717) is 30.5 Å². The zero-order valence-corrected chi connectivity index (χ0v) is 15.1. The minimum absolute atomic E-state index is 0.0456. The maximum atomic E-state index is 12.5. The molecule has 7 heteroatoms. The molecule has 7 nitrogen and oxygen atoms in total. The van der Waals surface area contributed by atoms with E-state index in [0.717, 1.165) is 37.3 Å². The van der Waals surface area contributed by atoms with Crippen LogP contribution in [0.4, 0.5) is 5.82 Å². The predicted octanol–water partition coefficient (Wildman–Crippen LogP) is 0.800. The first kappa shape index (κ1) is 16.3. The Morgan fingerprint density at radius 3 is 2.76 bits per heavy atom. The van der Waals surface area contributed by atoms with E-state index in [4.69, 9.17) is 4.98 Å². The molecule has 0 bridgehead atoms. The van der Waals surface area contributed by atoms with Crippen LogP contribution in [-0.2, 0) is 11.2 Å². The van der Waals surface area contributed by atoms with Crippen LogP contribution in [0.2, 0.25) is 0 Å². The zero-order valence-electron chi connectivity index (χ0n) is 15.1. The summed E-state index contributed by atoms with van der Waals surface area (Å²) in [5.74, 6) is 2.27. The Balaban J connectivity index is 1.73. The fourth-order valence-corrected chi connectivity index (χ4v) is 4.18. The van der Waals surface area contributed by atoms with Gasteiger partial charge in [-0.3, -0.25) is 9.59 Å². The highest BCUT2D eigenvalue weighted by Gasteiger charge is 2.43.